The van der Waals surface area contributed by atoms with Crippen LogP contribution in [0.3, 0.4) is 0 Å². The lowest BCUT2D eigenvalue weighted by Gasteiger charge is -2.29. The van der Waals surface area contributed by atoms with Gasteiger partial charge in [0.2, 0.25) is 0 Å². The largest absolute Gasteiger partial charge is 0.217 e. The lowest BCUT2D eigenvalue weighted by atomic mass is 10.00. The minimum absolute atomic E-state index is 0.672. The normalized spacial score (nSPS) is 27.3. The number of piperidine rings is 1. The molecule has 0 amide bonds. The first-order chi connectivity index (χ1) is 5.34. The van der Waals surface area contributed by atoms with Gasteiger partial charge in [0.1, 0.15) is 0 Å². The van der Waals surface area contributed by atoms with Gasteiger partial charge in [0.25, 0.3) is 0 Å². The van der Waals surface area contributed by atoms with E-state index in [0.29, 0.717) is 6.04 Å². The summed E-state index contributed by atoms with van der Waals surface area (Å²) < 4.78 is 2.01. The summed E-state index contributed by atoms with van der Waals surface area (Å²) in [5, 5.41) is 0. The average Bonchev–Trinajstić information content (AvgIpc) is 2.03. The van der Waals surface area contributed by atoms with Crippen LogP contribution in [-0.4, -0.2) is 17.0 Å². The fourth-order valence-corrected chi connectivity index (χ4v) is 2.00. The molecule has 0 aromatic carbocycles. The van der Waals surface area contributed by atoms with Crippen LogP contribution in [0.25, 0.3) is 0 Å². The maximum Gasteiger partial charge on any atom is 0.0251 e. The molecular formula is C9H18ClN. The van der Waals surface area contributed by atoms with Crippen LogP contribution >= 0.6 is 11.8 Å². The van der Waals surface area contributed by atoms with E-state index in [-0.39, 0.29) is 0 Å². The van der Waals surface area contributed by atoms with Crippen molar-refractivity contribution in [2.45, 2.75) is 51.5 Å². The summed E-state index contributed by atoms with van der Waals surface area (Å²) in [4.78, 5) is 0. The molecule has 0 spiro atoms. The number of nitrogens with zero attached hydrogens (tertiary/aromatic N) is 1. The van der Waals surface area contributed by atoms with E-state index >= 15 is 0 Å². The Morgan fingerprint density at radius 3 is 2.91 bits per heavy atom. The minimum Gasteiger partial charge on any atom is -0.217 e. The zero-order valence-electron chi connectivity index (χ0n) is 7.35. The smallest absolute Gasteiger partial charge is 0.0251 e. The summed E-state index contributed by atoms with van der Waals surface area (Å²) in [5.74, 6) is 0. The Hall–Kier alpha value is 0.250. The molecule has 66 valence electrons. The third-order valence-electron chi connectivity index (χ3n) is 2.45. The van der Waals surface area contributed by atoms with E-state index in [9.17, 15) is 0 Å². The van der Waals surface area contributed by atoms with E-state index in [0.717, 1.165) is 6.54 Å². The molecule has 0 saturated carbocycles. The Labute approximate surface area is 74.8 Å². The van der Waals surface area contributed by atoms with Crippen molar-refractivity contribution in [1.29, 1.82) is 0 Å². The van der Waals surface area contributed by atoms with Gasteiger partial charge in [0, 0.05) is 12.6 Å². The van der Waals surface area contributed by atoms with Crippen molar-refractivity contribution in [3.63, 3.8) is 0 Å². The first kappa shape index (κ1) is 9.34. The zero-order chi connectivity index (χ0) is 8.10. The third kappa shape index (κ3) is 3.00. The summed E-state index contributed by atoms with van der Waals surface area (Å²) >= 11 is 6.05. The van der Waals surface area contributed by atoms with Gasteiger partial charge in [-0.15, -0.1) is 0 Å². The monoisotopic (exact) mass is 175 g/mol. The molecule has 1 fully saturated rings. The molecule has 1 nitrogen and oxygen atoms in total. The number of halogens is 1. The van der Waals surface area contributed by atoms with Crippen molar-refractivity contribution in [1.82, 2.24) is 4.42 Å². The highest BCUT2D eigenvalue weighted by Crippen LogP contribution is 2.22. The van der Waals surface area contributed by atoms with Gasteiger partial charge in [-0.3, -0.25) is 0 Å². The first-order valence-corrected chi connectivity index (χ1v) is 5.11. The average molecular weight is 176 g/mol. The Bertz CT molecular complexity index is 106. The van der Waals surface area contributed by atoms with Gasteiger partial charge in [-0.05, 0) is 31.0 Å². The van der Waals surface area contributed by atoms with Crippen LogP contribution < -0.4 is 0 Å². The minimum atomic E-state index is 0.672. The highest BCUT2D eigenvalue weighted by atomic mass is 35.5. The second-order valence-electron chi connectivity index (χ2n) is 3.42. The van der Waals surface area contributed by atoms with Crippen molar-refractivity contribution in [3.8, 4) is 0 Å². The molecule has 0 N–H and O–H groups in total. The number of rotatable bonds is 3. The van der Waals surface area contributed by atoms with Crippen molar-refractivity contribution < 1.29 is 0 Å². The third-order valence-corrected chi connectivity index (χ3v) is 2.89. The summed E-state index contributed by atoms with van der Waals surface area (Å²) in [5.41, 5.74) is 0. The molecule has 2 heteroatoms. The molecule has 0 aromatic rings. The highest BCUT2D eigenvalue weighted by molar-refractivity contribution is 6.13. The van der Waals surface area contributed by atoms with E-state index in [4.69, 9.17) is 11.8 Å². The van der Waals surface area contributed by atoms with Crippen molar-refractivity contribution >= 4 is 11.8 Å². The first-order valence-electron chi connectivity index (χ1n) is 4.77. The number of unbranched alkanes of at least 4 members (excludes halogenated alkanes) is 1. The van der Waals surface area contributed by atoms with Crippen molar-refractivity contribution in [2.24, 2.45) is 0 Å². The van der Waals surface area contributed by atoms with Crippen LogP contribution in [0.2, 0.25) is 0 Å². The highest BCUT2D eigenvalue weighted by Gasteiger charge is 2.19. The fourth-order valence-electron chi connectivity index (χ4n) is 1.69. The Balaban J connectivity index is 2.18. The zero-order valence-corrected chi connectivity index (χ0v) is 8.11. The van der Waals surface area contributed by atoms with Gasteiger partial charge < -0.3 is 0 Å². The van der Waals surface area contributed by atoms with E-state index < -0.39 is 0 Å². The summed E-state index contributed by atoms with van der Waals surface area (Å²) in [6, 6.07) is 0.672. The quantitative estimate of drug-likeness (QED) is 0.596. The molecule has 1 heterocycles. The molecule has 1 rings (SSSR count). The molecule has 1 aliphatic heterocycles. The SMILES string of the molecule is CCCCC1CCCCN1Cl. The second-order valence-corrected chi connectivity index (χ2v) is 3.85. The van der Waals surface area contributed by atoms with E-state index in [2.05, 4.69) is 6.92 Å². The molecule has 0 radical (unpaired) electrons. The molecule has 0 aromatic heterocycles. The molecule has 1 unspecified atom stereocenters. The summed E-state index contributed by atoms with van der Waals surface area (Å²) in [6.07, 6.45) is 7.88. The van der Waals surface area contributed by atoms with Gasteiger partial charge in [-0.25, -0.2) is 4.42 Å². The molecule has 11 heavy (non-hydrogen) atoms. The lowest BCUT2D eigenvalue weighted by molar-refractivity contribution is 0.247. The molecule has 1 saturated heterocycles. The summed E-state index contributed by atoms with van der Waals surface area (Å²) in [7, 11) is 0. The fraction of sp³-hybridized carbons (Fsp3) is 1.00. The Morgan fingerprint density at radius 1 is 1.45 bits per heavy atom. The topological polar surface area (TPSA) is 3.24 Å². The van der Waals surface area contributed by atoms with E-state index in [1.54, 1.807) is 0 Å². The van der Waals surface area contributed by atoms with Crippen LogP contribution in [0.15, 0.2) is 0 Å². The van der Waals surface area contributed by atoms with Crippen LogP contribution in [0.4, 0.5) is 0 Å². The molecule has 0 aliphatic carbocycles. The van der Waals surface area contributed by atoms with E-state index in [1.165, 1.54) is 38.5 Å². The van der Waals surface area contributed by atoms with Gasteiger partial charge in [0.05, 0.1) is 0 Å². The van der Waals surface area contributed by atoms with E-state index in [1.807, 2.05) is 4.42 Å². The van der Waals surface area contributed by atoms with Gasteiger partial charge in [-0.2, -0.15) is 0 Å². The van der Waals surface area contributed by atoms with Crippen LogP contribution in [0.1, 0.15) is 45.4 Å². The number of hydrogen-bond acceptors (Lipinski definition) is 1. The Morgan fingerprint density at radius 2 is 2.27 bits per heavy atom. The number of hydrogen-bond donors (Lipinski definition) is 0. The molecule has 0 bridgehead atoms. The maximum absolute atomic E-state index is 6.05. The van der Waals surface area contributed by atoms with Gasteiger partial charge >= 0.3 is 0 Å². The van der Waals surface area contributed by atoms with Crippen LogP contribution in [-0.2, 0) is 0 Å². The van der Waals surface area contributed by atoms with Gasteiger partial charge in [0.15, 0.2) is 0 Å². The predicted molar refractivity (Wildman–Crippen MR) is 49.7 cm³/mol. The molecule has 1 aliphatic rings. The Kier molecular flexibility index (Phi) is 4.24. The predicted octanol–water partition coefficient (Wildman–Crippen LogP) is 3.18. The summed E-state index contributed by atoms with van der Waals surface area (Å²) in [6.45, 7) is 3.33. The van der Waals surface area contributed by atoms with Gasteiger partial charge in [-0.1, -0.05) is 26.2 Å². The van der Waals surface area contributed by atoms with Crippen molar-refractivity contribution in [2.75, 3.05) is 6.54 Å². The maximum atomic E-state index is 6.05. The molecule has 1 atom stereocenters. The van der Waals surface area contributed by atoms with Crippen LogP contribution in [0, 0.1) is 0 Å². The van der Waals surface area contributed by atoms with Crippen LogP contribution in [0.5, 0.6) is 0 Å². The second kappa shape index (κ2) is 5.00. The lowest BCUT2D eigenvalue weighted by Crippen LogP contribution is -2.31. The standard InChI is InChI=1S/C9H18ClN/c1-2-3-6-9-7-4-5-8-11(9)10/h9H,2-8H2,1H3. The molecular weight excluding hydrogens is 158 g/mol. The van der Waals surface area contributed by atoms with Crippen molar-refractivity contribution in [3.05, 3.63) is 0 Å².